The minimum atomic E-state index is -3.97. The predicted octanol–water partition coefficient (Wildman–Crippen LogP) is 2.62. The van der Waals surface area contributed by atoms with Crippen molar-refractivity contribution in [3.63, 3.8) is 0 Å². The number of ketones is 1. The van der Waals surface area contributed by atoms with Gasteiger partial charge < -0.3 is 0 Å². The molecule has 9 heteroatoms. The Bertz CT molecular complexity index is 1040. The fourth-order valence-electron chi connectivity index (χ4n) is 2.71. The molecule has 0 aromatic heterocycles. The van der Waals surface area contributed by atoms with Gasteiger partial charge in [0.2, 0.25) is 0 Å². The molecule has 2 aromatic rings. The fraction of sp³-hybridized carbons (Fsp3) is 0.235. The van der Waals surface area contributed by atoms with Gasteiger partial charge in [-0.1, -0.05) is 12.1 Å². The zero-order valence-corrected chi connectivity index (χ0v) is 16.1. The third kappa shape index (κ3) is 3.54. The number of rotatable bonds is 4. The SMILES string of the molecule is Cc1ccc(C(=O)c2ccc(C)c(S(C)(=O)=O)c2F)c(F)c1S(C)(=O)=O. The molecule has 0 saturated heterocycles. The molecule has 0 spiro atoms. The molecule has 0 fully saturated rings. The lowest BCUT2D eigenvalue weighted by Gasteiger charge is -2.12. The van der Waals surface area contributed by atoms with E-state index in [-0.39, 0.29) is 11.1 Å². The highest BCUT2D eigenvalue weighted by molar-refractivity contribution is 7.91. The highest BCUT2D eigenvalue weighted by Gasteiger charge is 2.28. The van der Waals surface area contributed by atoms with Crippen molar-refractivity contribution in [2.24, 2.45) is 0 Å². The van der Waals surface area contributed by atoms with Crippen LogP contribution in [-0.2, 0) is 19.7 Å². The number of hydrogen-bond acceptors (Lipinski definition) is 5. The molecule has 0 aliphatic rings. The van der Waals surface area contributed by atoms with Gasteiger partial charge in [-0.25, -0.2) is 25.6 Å². The average molecular weight is 402 g/mol. The molecule has 5 nitrogen and oxygen atoms in total. The molecule has 0 bridgehead atoms. The second kappa shape index (κ2) is 6.55. The van der Waals surface area contributed by atoms with E-state index < -0.39 is 58.0 Å². The van der Waals surface area contributed by atoms with Crippen LogP contribution in [0.25, 0.3) is 0 Å². The molecule has 0 aliphatic carbocycles. The van der Waals surface area contributed by atoms with Gasteiger partial charge in [-0.15, -0.1) is 0 Å². The highest BCUT2D eigenvalue weighted by Crippen LogP contribution is 2.28. The third-order valence-electron chi connectivity index (χ3n) is 3.82. The largest absolute Gasteiger partial charge is 0.288 e. The van der Waals surface area contributed by atoms with Crippen molar-refractivity contribution in [1.82, 2.24) is 0 Å². The molecule has 0 atom stereocenters. The van der Waals surface area contributed by atoms with Gasteiger partial charge >= 0.3 is 0 Å². The molecule has 0 unspecified atom stereocenters. The minimum Gasteiger partial charge on any atom is -0.288 e. The Morgan fingerprint density at radius 2 is 1.04 bits per heavy atom. The van der Waals surface area contributed by atoms with E-state index in [0.29, 0.717) is 0 Å². The monoisotopic (exact) mass is 402 g/mol. The van der Waals surface area contributed by atoms with Crippen LogP contribution in [0.1, 0.15) is 27.0 Å². The average Bonchev–Trinajstić information content (AvgIpc) is 2.43. The molecule has 0 aliphatic heterocycles. The summed E-state index contributed by atoms with van der Waals surface area (Å²) >= 11 is 0. The van der Waals surface area contributed by atoms with Gasteiger partial charge in [-0.2, -0.15) is 0 Å². The van der Waals surface area contributed by atoms with Gasteiger partial charge in [0.1, 0.15) is 9.79 Å². The molecule has 0 saturated carbocycles. The van der Waals surface area contributed by atoms with Crippen molar-refractivity contribution in [1.29, 1.82) is 0 Å². The van der Waals surface area contributed by atoms with Crippen LogP contribution >= 0.6 is 0 Å². The summed E-state index contributed by atoms with van der Waals surface area (Å²) in [5.74, 6) is -3.73. The van der Waals surface area contributed by atoms with E-state index in [1.807, 2.05) is 0 Å². The van der Waals surface area contributed by atoms with Crippen LogP contribution in [0.2, 0.25) is 0 Å². The summed E-state index contributed by atoms with van der Waals surface area (Å²) in [4.78, 5) is 11.3. The number of hydrogen-bond donors (Lipinski definition) is 0. The van der Waals surface area contributed by atoms with Gasteiger partial charge in [0.25, 0.3) is 0 Å². The molecular formula is C17H16F2O5S2. The van der Waals surface area contributed by atoms with E-state index in [0.717, 1.165) is 24.6 Å². The van der Waals surface area contributed by atoms with Gasteiger partial charge in [-0.3, -0.25) is 4.79 Å². The van der Waals surface area contributed by atoms with Gasteiger partial charge in [0.15, 0.2) is 37.1 Å². The quantitative estimate of drug-likeness (QED) is 0.734. The van der Waals surface area contributed by atoms with Crippen molar-refractivity contribution in [2.75, 3.05) is 12.5 Å². The van der Waals surface area contributed by atoms with Gasteiger partial charge in [-0.05, 0) is 37.1 Å². The summed E-state index contributed by atoms with van der Waals surface area (Å²) in [6.07, 6.45) is 1.59. The molecule has 26 heavy (non-hydrogen) atoms. The molecule has 140 valence electrons. The summed E-state index contributed by atoms with van der Waals surface area (Å²) < 4.78 is 76.5. The van der Waals surface area contributed by atoms with Crippen LogP contribution in [0, 0.1) is 25.5 Å². The first-order chi connectivity index (χ1) is 11.8. The van der Waals surface area contributed by atoms with Crippen molar-refractivity contribution in [3.05, 3.63) is 58.2 Å². The minimum absolute atomic E-state index is 0.0998. The maximum Gasteiger partial charge on any atom is 0.199 e. The predicted molar refractivity (Wildman–Crippen MR) is 91.9 cm³/mol. The molecule has 0 radical (unpaired) electrons. The van der Waals surface area contributed by atoms with Crippen LogP contribution in [0.4, 0.5) is 8.78 Å². The topological polar surface area (TPSA) is 85.3 Å². The van der Waals surface area contributed by atoms with Crippen molar-refractivity contribution in [3.8, 4) is 0 Å². The lowest BCUT2D eigenvalue weighted by atomic mass is 10.00. The first-order valence-corrected chi connectivity index (χ1v) is 11.1. The number of carbonyl (C=O) groups excluding carboxylic acids is 1. The molecule has 2 rings (SSSR count). The van der Waals surface area contributed by atoms with E-state index >= 15 is 0 Å². The van der Waals surface area contributed by atoms with E-state index in [9.17, 15) is 30.4 Å². The smallest absolute Gasteiger partial charge is 0.199 e. The second-order valence-electron chi connectivity index (χ2n) is 6.02. The Morgan fingerprint density at radius 3 is 1.31 bits per heavy atom. The zero-order chi connectivity index (χ0) is 20.0. The fourth-order valence-corrected chi connectivity index (χ4v) is 4.89. The third-order valence-corrected chi connectivity index (χ3v) is 6.30. The van der Waals surface area contributed by atoms with E-state index in [1.54, 1.807) is 0 Å². The Kier molecular flexibility index (Phi) is 5.08. The number of carbonyl (C=O) groups is 1. The van der Waals surface area contributed by atoms with Crippen LogP contribution in [0.15, 0.2) is 34.1 Å². The maximum absolute atomic E-state index is 14.7. The first-order valence-electron chi connectivity index (χ1n) is 7.29. The van der Waals surface area contributed by atoms with E-state index in [1.165, 1.54) is 26.0 Å². The summed E-state index contributed by atoms with van der Waals surface area (Å²) in [7, 11) is -7.93. The summed E-state index contributed by atoms with van der Waals surface area (Å²) in [6.45, 7) is 2.73. The van der Waals surface area contributed by atoms with Crippen LogP contribution in [0.3, 0.4) is 0 Å². The Morgan fingerprint density at radius 1 is 0.731 bits per heavy atom. The lowest BCUT2D eigenvalue weighted by molar-refractivity contribution is 0.103. The normalized spacial score (nSPS) is 12.2. The highest BCUT2D eigenvalue weighted by atomic mass is 32.2. The lowest BCUT2D eigenvalue weighted by Crippen LogP contribution is -2.14. The van der Waals surface area contributed by atoms with Crippen molar-refractivity contribution in [2.45, 2.75) is 23.6 Å². The Balaban J connectivity index is 2.77. The van der Waals surface area contributed by atoms with Crippen LogP contribution in [0.5, 0.6) is 0 Å². The number of sulfone groups is 2. The maximum atomic E-state index is 14.7. The number of benzene rings is 2. The summed E-state index contributed by atoms with van der Waals surface area (Å²) in [5.41, 5.74) is -1.11. The standard InChI is InChI=1S/C17H16F2O5S2/c1-9-5-7-11(13(18)16(9)25(3,21)22)15(20)12-8-6-10(2)17(14(12)19)26(4,23)24/h5-8H,1-4H3. The van der Waals surface area contributed by atoms with Crippen molar-refractivity contribution < 1.29 is 30.4 Å². The second-order valence-corrected chi connectivity index (χ2v) is 9.92. The number of aryl methyl sites for hydroxylation is 2. The van der Waals surface area contributed by atoms with Gasteiger partial charge in [0.05, 0.1) is 11.1 Å². The van der Waals surface area contributed by atoms with E-state index in [2.05, 4.69) is 0 Å². The number of halogens is 2. The van der Waals surface area contributed by atoms with E-state index in [4.69, 9.17) is 0 Å². The van der Waals surface area contributed by atoms with Crippen molar-refractivity contribution >= 4 is 25.5 Å². The molecule has 2 aromatic carbocycles. The Hall–Kier alpha value is -2.13. The molecule has 0 N–H and O–H groups in total. The Labute approximate surface area is 150 Å². The molecule has 0 amide bonds. The molecule has 0 heterocycles. The van der Waals surface area contributed by atoms with Gasteiger partial charge in [0, 0.05) is 12.5 Å². The van der Waals surface area contributed by atoms with Crippen LogP contribution in [-0.4, -0.2) is 35.1 Å². The summed E-state index contributed by atoms with van der Waals surface area (Å²) in [6, 6.07) is 4.55. The van der Waals surface area contributed by atoms with Crippen LogP contribution < -0.4 is 0 Å². The first kappa shape index (κ1) is 20.2. The zero-order valence-electron chi connectivity index (χ0n) is 14.4. The summed E-state index contributed by atoms with van der Waals surface area (Å²) in [5, 5.41) is 0. The molecular weight excluding hydrogens is 386 g/mol.